The van der Waals surface area contributed by atoms with Gasteiger partial charge in [-0.15, -0.1) is 0 Å². The second-order valence-electron chi connectivity index (χ2n) is 10.0. The van der Waals surface area contributed by atoms with Gasteiger partial charge in [0.1, 0.15) is 12.3 Å². The second kappa shape index (κ2) is 12.3. The third kappa shape index (κ3) is 6.76. The van der Waals surface area contributed by atoms with E-state index in [-0.39, 0.29) is 30.3 Å². The summed E-state index contributed by atoms with van der Waals surface area (Å²) in [6.45, 7) is 10.1. The summed E-state index contributed by atoms with van der Waals surface area (Å²) >= 11 is 0. The van der Waals surface area contributed by atoms with Crippen LogP contribution >= 0.6 is 0 Å². The van der Waals surface area contributed by atoms with Crippen molar-refractivity contribution < 1.29 is 19.1 Å². The number of morpholine rings is 1. The summed E-state index contributed by atoms with van der Waals surface area (Å²) in [4.78, 5) is 30.8. The van der Waals surface area contributed by atoms with E-state index in [0.717, 1.165) is 47.8 Å². The molecule has 2 aliphatic heterocycles. The summed E-state index contributed by atoms with van der Waals surface area (Å²) in [5.41, 5.74) is 3.99. The molecule has 8 heteroatoms. The predicted molar refractivity (Wildman–Crippen MR) is 144 cm³/mol. The number of benzene rings is 2. The van der Waals surface area contributed by atoms with Crippen LogP contribution < -0.4 is 4.74 Å². The Balaban J connectivity index is 1.56. The van der Waals surface area contributed by atoms with Gasteiger partial charge >= 0.3 is 0 Å². The number of carbonyl (C=O) groups excluding carboxylic acids is 2. The smallest absolute Gasteiger partial charge is 0.262 e. The lowest BCUT2D eigenvalue weighted by atomic mass is 9.97. The van der Waals surface area contributed by atoms with Crippen LogP contribution in [0.4, 0.5) is 0 Å². The molecule has 1 atom stereocenters. The highest BCUT2D eigenvalue weighted by Gasteiger charge is 2.34. The van der Waals surface area contributed by atoms with Crippen molar-refractivity contribution in [3.8, 4) is 5.75 Å². The number of hydrogen-bond acceptors (Lipinski definition) is 6. The Hall–Kier alpha value is -3.23. The zero-order chi connectivity index (χ0) is 26.4. The van der Waals surface area contributed by atoms with Crippen LogP contribution in [0.1, 0.15) is 43.0 Å². The molecular formula is C29H38N4O4. The van der Waals surface area contributed by atoms with E-state index < -0.39 is 0 Å². The molecule has 0 saturated carbocycles. The normalized spacial score (nSPS) is 18.1. The Labute approximate surface area is 219 Å². The minimum Gasteiger partial charge on any atom is -0.497 e. The molecule has 2 amide bonds. The molecule has 2 aliphatic rings. The number of hydrazone groups is 1. The van der Waals surface area contributed by atoms with E-state index in [4.69, 9.17) is 14.6 Å². The fourth-order valence-electron chi connectivity index (χ4n) is 4.70. The van der Waals surface area contributed by atoms with E-state index in [1.54, 1.807) is 17.0 Å². The topological polar surface area (TPSA) is 74.7 Å². The third-order valence-corrected chi connectivity index (χ3v) is 6.97. The molecule has 37 heavy (non-hydrogen) atoms. The van der Waals surface area contributed by atoms with Crippen LogP contribution in [-0.2, 0) is 14.3 Å². The summed E-state index contributed by atoms with van der Waals surface area (Å²) in [5.74, 6) is 0.382. The van der Waals surface area contributed by atoms with Gasteiger partial charge in [0, 0.05) is 38.5 Å². The molecule has 0 spiro atoms. The lowest BCUT2D eigenvalue weighted by Crippen LogP contribution is -2.47. The summed E-state index contributed by atoms with van der Waals surface area (Å²) in [7, 11) is 1.64. The predicted octanol–water partition coefficient (Wildman–Crippen LogP) is 3.50. The quantitative estimate of drug-likeness (QED) is 0.521. The van der Waals surface area contributed by atoms with Crippen molar-refractivity contribution in [1.29, 1.82) is 0 Å². The molecule has 8 nitrogen and oxygen atoms in total. The summed E-state index contributed by atoms with van der Waals surface area (Å²) in [5, 5.41) is 6.38. The van der Waals surface area contributed by atoms with Gasteiger partial charge in [-0.3, -0.25) is 14.5 Å². The summed E-state index contributed by atoms with van der Waals surface area (Å²) in [6, 6.07) is 15.7. The average molecular weight is 507 g/mol. The zero-order valence-corrected chi connectivity index (χ0v) is 22.4. The molecule has 2 heterocycles. The van der Waals surface area contributed by atoms with Crippen molar-refractivity contribution >= 4 is 17.5 Å². The highest BCUT2D eigenvalue weighted by molar-refractivity contribution is 6.03. The summed E-state index contributed by atoms with van der Waals surface area (Å²) < 4.78 is 10.7. The van der Waals surface area contributed by atoms with Gasteiger partial charge in [0.15, 0.2) is 0 Å². The van der Waals surface area contributed by atoms with Crippen LogP contribution in [0.3, 0.4) is 0 Å². The molecule has 1 fully saturated rings. The van der Waals surface area contributed by atoms with Crippen molar-refractivity contribution in [2.75, 3.05) is 53.0 Å². The highest BCUT2D eigenvalue weighted by atomic mass is 16.5. The number of rotatable bonds is 9. The van der Waals surface area contributed by atoms with Gasteiger partial charge in [-0.1, -0.05) is 43.7 Å². The maximum atomic E-state index is 13.7. The van der Waals surface area contributed by atoms with Crippen LogP contribution in [-0.4, -0.2) is 85.4 Å². The first-order valence-corrected chi connectivity index (χ1v) is 13.0. The third-order valence-electron chi connectivity index (χ3n) is 6.97. The number of carbonyl (C=O) groups is 2. The Morgan fingerprint density at radius 1 is 1.08 bits per heavy atom. The molecular weight excluding hydrogens is 468 g/mol. The molecule has 0 radical (unpaired) electrons. The van der Waals surface area contributed by atoms with Crippen LogP contribution in [0, 0.1) is 12.8 Å². The van der Waals surface area contributed by atoms with Crippen LogP contribution in [0.2, 0.25) is 0 Å². The first-order chi connectivity index (χ1) is 17.9. The second-order valence-corrected chi connectivity index (χ2v) is 10.0. The zero-order valence-electron chi connectivity index (χ0n) is 22.4. The standard InChI is InChI=1S/C29H38N4O4/c1-21(2)29(35)32(14-13-31-15-17-37-18-16-31)20-28(34)33-27(24-7-5-22(3)6-8-24)19-26(30-33)23-9-11-25(36-4)12-10-23/h5-12,21,27H,13-20H2,1-4H3/t27-/m0/s1. The van der Waals surface area contributed by atoms with E-state index in [0.29, 0.717) is 26.2 Å². The maximum absolute atomic E-state index is 13.7. The van der Waals surface area contributed by atoms with E-state index in [9.17, 15) is 9.59 Å². The molecule has 198 valence electrons. The number of amides is 2. The van der Waals surface area contributed by atoms with Crippen LogP contribution in [0.15, 0.2) is 53.6 Å². The Morgan fingerprint density at radius 2 is 1.76 bits per heavy atom. The van der Waals surface area contributed by atoms with E-state index in [1.807, 2.05) is 45.0 Å². The molecule has 0 unspecified atom stereocenters. The lowest BCUT2D eigenvalue weighted by Gasteiger charge is -2.31. The highest BCUT2D eigenvalue weighted by Crippen LogP contribution is 2.33. The number of hydrogen-bond donors (Lipinski definition) is 0. The minimum absolute atomic E-state index is 0.00308. The number of aryl methyl sites for hydroxylation is 1. The van der Waals surface area contributed by atoms with Gasteiger partial charge < -0.3 is 14.4 Å². The fourth-order valence-corrected chi connectivity index (χ4v) is 4.70. The summed E-state index contributed by atoms with van der Waals surface area (Å²) in [6.07, 6.45) is 0.604. The molecule has 2 aromatic carbocycles. The monoisotopic (exact) mass is 506 g/mol. The van der Waals surface area contributed by atoms with Crippen molar-refractivity contribution in [2.24, 2.45) is 11.0 Å². The fraction of sp³-hybridized carbons (Fsp3) is 0.483. The van der Waals surface area contributed by atoms with Crippen molar-refractivity contribution in [1.82, 2.24) is 14.8 Å². The molecule has 0 bridgehead atoms. The van der Waals surface area contributed by atoms with Gasteiger partial charge in [0.2, 0.25) is 5.91 Å². The van der Waals surface area contributed by atoms with Crippen molar-refractivity contribution in [2.45, 2.75) is 33.2 Å². The van der Waals surface area contributed by atoms with Crippen LogP contribution in [0.5, 0.6) is 5.75 Å². The lowest BCUT2D eigenvalue weighted by molar-refractivity contribution is -0.143. The Bertz CT molecular complexity index is 1090. The number of ether oxygens (including phenoxy) is 2. The maximum Gasteiger partial charge on any atom is 0.262 e. The molecule has 0 N–H and O–H groups in total. The molecule has 1 saturated heterocycles. The van der Waals surface area contributed by atoms with Gasteiger partial charge in [-0.2, -0.15) is 5.10 Å². The Kier molecular flexibility index (Phi) is 8.95. The SMILES string of the molecule is COc1ccc(C2=NN(C(=O)CN(CCN3CCOCC3)C(=O)C(C)C)[C@H](c3ccc(C)cc3)C2)cc1. The van der Waals surface area contributed by atoms with Crippen molar-refractivity contribution in [3.05, 3.63) is 65.2 Å². The largest absolute Gasteiger partial charge is 0.497 e. The Morgan fingerprint density at radius 3 is 2.38 bits per heavy atom. The average Bonchev–Trinajstić information content (AvgIpc) is 3.37. The van der Waals surface area contributed by atoms with E-state index in [2.05, 4.69) is 29.2 Å². The first kappa shape index (κ1) is 26.8. The van der Waals surface area contributed by atoms with E-state index >= 15 is 0 Å². The van der Waals surface area contributed by atoms with E-state index in [1.165, 1.54) is 0 Å². The van der Waals surface area contributed by atoms with Crippen LogP contribution in [0.25, 0.3) is 0 Å². The molecule has 0 aromatic heterocycles. The molecule has 0 aliphatic carbocycles. The van der Waals surface area contributed by atoms with Crippen molar-refractivity contribution in [3.63, 3.8) is 0 Å². The van der Waals surface area contributed by atoms with Gasteiger partial charge in [0.05, 0.1) is 32.1 Å². The molecule has 2 aromatic rings. The molecule has 4 rings (SSSR count). The number of nitrogens with zero attached hydrogens (tertiary/aromatic N) is 4. The number of methoxy groups -OCH3 is 1. The van der Waals surface area contributed by atoms with Gasteiger partial charge in [-0.25, -0.2) is 5.01 Å². The minimum atomic E-state index is -0.222. The van der Waals surface area contributed by atoms with Gasteiger partial charge in [-0.05, 0) is 42.3 Å². The van der Waals surface area contributed by atoms with Gasteiger partial charge in [0.25, 0.3) is 5.91 Å². The first-order valence-electron chi connectivity index (χ1n) is 13.0.